The smallest absolute Gasteiger partial charge is 1.00 e. The molecule has 3 aromatic carbocycles. The Balaban J connectivity index is 0.00000130. The first-order valence-corrected chi connectivity index (χ1v) is 11.3. The molecule has 3 aliphatic rings. The van der Waals surface area contributed by atoms with Crippen LogP contribution >= 0.6 is 0 Å². The van der Waals surface area contributed by atoms with Crippen LogP contribution in [0.2, 0.25) is 0 Å². The molecule has 0 aliphatic heterocycles. The SMILES string of the molecule is [H-].[Li+].[Si]OCC(C1C=Cc2ccccc21)(C1C=Cc2ccccc21)C1C=Cc2ccccc21. The molecule has 0 amide bonds. The predicted octanol–water partition coefficient (Wildman–Crippen LogP) is 3.62. The van der Waals surface area contributed by atoms with E-state index < -0.39 is 0 Å². The first-order valence-electron chi connectivity index (χ1n) is 10.9. The van der Waals surface area contributed by atoms with Crippen LogP contribution in [-0.4, -0.2) is 17.1 Å². The number of fused-ring (bicyclic) bond motifs is 3. The molecular weight excluding hydrogens is 399 g/mol. The molecule has 1 nitrogen and oxygen atoms in total. The second-order valence-corrected chi connectivity index (χ2v) is 9.09. The van der Waals surface area contributed by atoms with Crippen molar-refractivity contribution in [1.29, 1.82) is 0 Å². The Morgan fingerprint density at radius 1 is 0.625 bits per heavy atom. The molecule has 0 saturated carbocycles. The molecule has 32 heavy (non-hydrogen) atoms. The van der Waals surface area contributed by atoms with Crippen molar-refractivity contribution < 1.29 is 24.7 Å². The molecule has 6 rings (SSSR count). The van der Waals surface area contributed by atoms with Crippen LogP contribution in [0.25, 0.3) is 18.2 Å². The zero-order chi connectivity index (χ0) is 20.8. The Morgan fingerprint density at radius 3 is 1.31 bits per heavy atom. The van der Waals surface area contributed by atoms with Gasteiger partial charge in [0.1, 0.15) is 0 Å². The molecule has 3 heteroatoms. The fourth-order valence-electron chi connectivity index (χ4n) is 6.13. The maximum atomic E-state index is 5.89. The molecule has 3 aromatic rings. The molecule has 0 N–H and O–H groups in total. The fraction of sp³-hybridized carbons (Fsp3) is 0.172. The largest absolute Gasteiger partial charge is 1.00 e. The third-order valence-corrected chi connectivity index (χ3v) is 7.60. The average Bonchev–Trinajstić information content (AvgIpc) is 3.54. The van der Waals surface area contributed by atoms with Gasteiger partial charge in [-0.15, -0.1) is 0 Å². The van der Waals surface area contributed by atoms with Crippen LogP contribution in [0.15, 0.2) is 91.0 Å². The van der Waals surface area contributed by atoms with E-state index in [0.717, 1.165) is 0 Å². The Bertz CT molecular complexity index is 1100. The molecule has 3 radical (unpaired) electrons. The van der Waals surface area contributed by atoms with Gasteiger partial charge in [0.15, 0.2) is 0 Å². The Labute approximate surface area is 207 Å². The summed E-state index contributed by atoms with van der Waals surface area (Å²) in [4.78, 5) is 0. The molecule has 0 aromatic heterocycles. The summed E-state index contributed by atoms with van der Waals surface area (Å²) in [5.41, 5.74) is 7.91. The summed E-state index contributed by atoms with van der Waals surface area (Å²) in [6.07, 6.45) is 14.1. The van der Waals surface area contributed by atoms with Gasteiger partial charge in [-0.3, -0.25) is 0 Å². The van der Waals surface area contributed by atoms with Crippen molar-refractivity contribution in [2.75, 3.05) is 6.61 Å². The number of hydrogen-bond acceptors (Lipinski definition) is 1. The number of allylic oxidation sites excluding steroid dienone is 3. The zero-order valence-electron chi connectivity index (χ0n) is 19.2. The van der Waals surface area contributed by atoms with E-state index in [1.54, 1.807) is 0 Å². The summed E-state index contributed by atoms with van der Waals surface area (Å²) in [5, 5.41) is 0. The average molecular weight is 424 g/mol. The molecule has 3 aliphatic carbocycles. The Morgan fingerprint density at radius 2 is 0.969 bits per heavy atom. The third kappa shape index (κ3) is 3.10. The number of benzene rings is 3. The van der Waals surface area contributed by atoms with Gasteiger partial charge >= 0.3 is 18.9 Å². The Hall–Kier alpha value is -2.35. The van der Waals surface area contributed by atoms with Gasteiger partial charge in [-0.25, -0.2) is 0 Å². The van der Waals surface area contributed by atoms with Gasteiger partial charge < -0.3 is 5.85 Å². The van der Waals surface area contributed by atoms with Gasteiger partial charge in [-0.2, -0.15) is 0 Å². The minimum Gasteiger partial charge on any atom is -1.00 e. The quantitative estimate of drug-likeness (QED) is 0.570. The summed E-state index contributed by atoms with van der Waals surface area (Å²) >= 11 is 0. The maximum absolute atomic E-state index is 5.89. The van der Waals surface area contributed by atoms with Crippen molar-refractivity contribution in [2.45, 2.75) is 17.8 Å². The Kier molecular flexibility index (Phi) is 5.74. The van der Waals surface area contributed by atoms with Crippen LogP contribution in [0.5, 0.6) is 0 Å². The van der Waals surface area contributed by atoms with Crippen molar-refractivity contribution in [2.24, 2.45) is 5.41 Å². The summed E-state index contributed by atoms with van der Waals surface area (Å²) in [6.45, 7) is 0.597. The van der Waals surface area contributed by atoms with Crippen molar-refractivity contribution in [3.63, 3.8) is 0 Å². The first-order chi connectivity index (χ1) is 15.3. The van der Waals surface area contributed by atoms with E-state index in [4.69, 9.17) is 4.43 Å². The van der Waals surface area contributed by atoms with E-state index in [-0.39, 0.29) is 43.5 Å². The van der Waals surface area contributed by atoms with Crippen LogP contribution in [0.4, 0.5) is 0 Å². The van der Waals surface area contributed by atoms with Crippen LogP contribution < -0.4 is 18.9 Å². The van der Waals surface area contributed by atoms with E-state index in [9.17, 15) is 0 Å². The van der Waals surface area contributed by atoms with Crippen LogP contribution in [0, 0.1) is 5.41 Å². The minimum absolute atomic E-state index is 0. The summed E-state index contributed by atoms with van der Waals surface area (Å²) in [5.74, 6) is 0.713. The molecule has 0 saturated heterocycles. The topological polar surface area (TPSA) is 9.23 Å². The molecule has 0 bridgehead atoms. The predicted molar refractivity (Wildman–Crippen MR) is 130 cm³/mol. The summed E-state index contributed by atoms with van der Waals surface area (Å²) in [6, 6.07) is 26.4. The number of rotatable bonds is 5. The fourth-order valence-corrected chi connectivity index (χ4v) is 6.38. The molecule has 0 spiro atoms. The normalized spacial score (nSPS) is 23.3. The van der Waals surface area contributed by atoms with E-state index in [2.05, 4.69) is 120 Å². The molecule has 3 atom stereocenters. The summed E-state index contributed by atoms with van der Waals surface area (Å²) < 4.78 is 5.89. The van der Waals surface area contributed by atoms with Crippen LogP contribution in [0.3, 0.4) is 0 Å². The van der Waals surface area contributed by atoms with Gasteiger partial charge in [0.25, 0.3) is 0 Å². The monoisotopic (exact) mass is 423 g/mol. The minimum atomic E-state index is -0.211. The molecular formula is C29H24LiOSi. The second-order valence-electron chi connectivity index (χ2n) is 8.80. The van der Waals surface area contributed by atoms with Crippen molar-refractivity contribution in [3.05, 3.63) is 124 Å². The van der Waals surface area contributed by atoms with Crippen molar-refractivity contribution >= 4 is 28.7 Å². The standard InChI is InChI=1S/C29H23OSi.Li.H/c31-30-19-29(26-16-13-20-7-1-4-10-23(20)26,27-17-14-21-8-2-5-11-24(21)27)28-18-15-22-9-3-6-12-25(22)28;;/h1-18,26-28H,19H2;;/q;+1;-1. The van der Waals surface area contributed by atoms with E-state index in [0.29, 0.717) is 6.61 Å². The van der Waals surface area contributed by atoms with Gasteiger partial charge in [0, 0.05) is 29.8 Å². The van der Waals surface area contributed by atoms with Gasteiger partial charge in [0.05, 0.1) is 0 Å². The van der Waals surface area contributed by atoms with Crippen LogP contribution in [0.1, 0.15) is 52.6 Å². The van der Waals surface area contributed by atoms with Gasteiger partial charge in [-0.1, -0.05) is 109 Å². The van der Waals surface area contributed by atoms with E-state index >= 15 is 0 Å². The third-order valence-electron chi connectivity index (χ3n) is 7.46. The molecule has 0 heterocycles. The molecule has 0 fully saturated rings. The second kappa shape index (κ2) is 8.54. The van der Waals surface area contributed by atoms with E-state index in [1.807, 2.05) is 0 Å². The van der Waals surface area contributed by atoms with Gasteiger partial charge in [-0.05, 0) is 33.4 Å². The van der Waals surface area contributed by atoms with Crippen LogP contribution in [-0.2, 0) is 4.43 Å². The van der Waals surface area contributed by atoms with Crippen molar-refractivity contribution in [3.8, 4) is 0 Å². The molecule has 3 unspecified atom stereocenters. The zero-order valence-corrected chi connectivity index (χ0v) is 19.2. The van der Waals surface area contributed by atoms with E-state index in [1.165, 1.54) is 33.4 Å². The maximum Gasteiger partial charge on any atom is 1.00 e. The van der Waals surface area contributed by atoms with Gasteiger partial charge in [0.2, 0.25) is 10.5 Å². The van der Waals surface area contributed by atoms with Crippen molar-refractivity contribution in [1.82, 2.24) is 0 Å². The summed E-state index contributed by atoms with van der Waals surface area (Å²) in [7, 11) is 3.43. The molecule has 151 valence electrons. The number of hydrogen-bond donors (Lipinski definition) is 0. The first kappa shape index (κ1) is 21.5.